The largest absolute Gasteiger partial charge is 0.481 e. The van der Waals surface area contributed by atoms with Gasteiger partial charge < -0.3 is 10.0 Å². The van der Waals surface area contributed by atoms with Crippen LogP contribution in [0.5, 0.6) is 0 Å². The summed E-state index contributed by atoms with van der Waals surface area (Å²) in [5, 5.41) is 8.78. The molecule has 1 aliphatic heterocycles. The van der Waals surface area contributed by atoms with E-state index in [2.05, 4.69) is 0 Å². The van der Waals surface area contributed by atoms with Gasteiger partial charge in [-0.05, 0) is 30.4 Å². The average Bonchev–Trinajstić information content (AvgIpc) is 2.49. The standard InChI is InChI=1S/C16H18F3NO3/c17-16(18,19)8-7-14(21)20-10-11(5-6-15(22)23)9-12-3-1-2-4-13(12)20/h1-4,11H,5-10H2,(H,22,23). The summed E-state index contributed by atoms with van der Waals surface area (Å²) in [6.07, 6.45) is -5.10. The van der Waals surface area contributed by atoms with Crippen molar-refractivity contribution >= 4 is 17.6 Å². The summed E-state index contributed by atoms with van der Waals surface area (Å²) in [6.45, 7) is 0.265. The molecule has 1 unspecified atom stereocenters. The predicted molar refractivity (Wildman–Crippen MR) is 78.1 cm³/mol. The molecule has 23 heavy (non-hydrogen) atoms. The molecule has 0 radical (unpaired) electrons. The molecule has 0 saturated heterocycles. The van der Waals surface area contributed by atoms with E-state index >= 15 is 0 Å². The number of halogens is 3. The van der Waals surface area contributed by atoms with Gasteiger partial charge in [0.05, 0.1) is 6.42 Å². The molecule has 1 N–H and O–H groups in total. The number of carboxylic acid groups (broad SMARTS) is 1. The molecular weight excluding hydrogens is 311 g/mol. The lowest BCUT2D eigenvalue weighted by atomic mass is 9.89. The van der Waals surface area contributed by atoms with Gasteiger partial charge in [0.25, 0.3) is 0 Å². The summed E-state index contributed by atoms with van der Waals surface area (Å²) in [5.41, 5.74) is 1.50. The van der Waals surface area contributed by atoms with E-state index in [1.165, 1.54) is 4.90 Å². The minimum Gasteiger partial charge on any atom is -0.481 e. The zero-order valence-electron chi connectivity index (χ0n) is 12.5. The first-order chi connectivity index (χ1) is 10.8. The second kappa shape index (κ2) is 7.02. The van der Waals surface area contributed by atoms with Gasteiger partial charge in [0.1, 0.15) is 0 Å². The Morgan fingerprint density at radius 2 is 1.91 bits per heavy atom. The third-order valence-electron chi connectivity index (χ3n) is 3.92. The third-order valence-corrected chi connectivity index (χ3v) is 3.92. The van der Waals surface area contributed by atoms with E-state index in [9.17, 15) is 22.8 Å². The van der Waals surface area contributed by atoms with E-state index in [4.69, 9.17) is 5.11 Å². The number of amides is 1. The van der Waals surface area contributed by atoms with Crippen LogP contribution in [-0.2, 0) is 16.0 Å². The molecule has 2 rings (SSSR count). The lowest BCUT2D eigenvalue weighted by Crippen LogP contribution is -2.40. The quantitative estimate of drug-likeness (QED) is 0.901. The summed E-state index contributed by atoms with van der Waals surface area (Å²) < 4.78 is 37.0. The van der Waals surface area contributed by atoms with Crippen molar-refractivity contribution in [1.82, 2.24) is 0 Å². The second-order valence-electron chi connectivity index (χ2n) is 5.75. The molecule has 1 aromatic rings. The number of carboxylic acids is 1. The van der Waals surface area contributed by atoms with Crippen LogP contribution in [0.4, 0.5) is 18.9 Å². The first kappa shape index (κ1) is 17.3. The highest BCUT2D eigenvalue weighted by molar-refractivity contribution is 5.94. The van der Waals surface area contributed by atoms with E-state index in [0.29, 0.717) is 18.5 Å². The maximum absolute atomic E-state index is 12.3. The fourth-order valence-corrected chi connectivity index (χ4v) is 2.82. The van der Waals surface area contributed by atoms with Gasteiger partial charge in [-0.1, -0.05) is 18.2 Å². The van der Waals surface area contributed by atoms with Gasteiger partial charge in [0.15, 0.2) is 0 Å². The van der Waals surface area contributed by atoms with Crippen molar-refractivity contribution in [2.24, 2.45) is 5.92 Å². The number of nitrogens with zero attached hydrogens (tertiary/aromatic N) is 1. The molecular formula is C16H18F3NO3. The molecule has 1 amide bonds. The molecule has 1 heterocycles. The number of benzene rings is 1. The molecule has 1 atom stereocenters. The van der Waals surface area contributed by atoms with Gasteiger partial charge in [0, 0.05) is 25.1 Å². The van der Waals surface area contributed by atoms with Gasteiger partial charge in [-0.15, -0.1) is 0 Å². The van der Waals surface area contributed by atoms with Gasteiger partial charge in [-0.25, -0.2) is 0 Å². The van der Waals surface area contributed by atoms with E-state index in [1.54, 1.807) is 18.2 Å². The fourth-order valence-electron chi connectivity index (χ4n) is 2.82. The van der Waals surface area contributed by atoms with Crippen molar-refractivity contribution < 1.29 is 27.9 Å². The summed E-state index contributed by atoms with van der Waals surface area (Å²) in [7, 11) is 0. The van der Waals surface area contributed by atoms with Crippen LogP contribution >= 0.6 is 0 Å². The Morgan fingerprint density at radius 1 is 1.22 bits per heavy atom. The number of alkyl halides is 3. The Kier molecular flexibility index (Phi) is 5.28. The maximum Gasteiger partial charge on any atom is 0.389 e. The Labute approximate surface area is 131 Å². The monoisotopic (exact) mass is 329 g/mol. The minimum absolute atomic E-state index is 0.0165. The van der Waals surface area contributed by atoms with E-state index in [0.717, 1.165) is 5.56 Å². The Hall–Kier alpha value is -2.05. The number of carbonyl (C=O) groups is 2. The van der Waals surface area contributed by atoms with Crippen LogP contribution in [-0.4, -0.2) is 29.7 Å². The Balaban J connectivity index is 2.12. The molecule has 4 nitrogen and oxygen atoms in total. The molecule has 126 valence electrons. The molecule has 0 aliphatic carbocycles. The summed E-state index contributed by atoms with van der Waals surface area (Å²) in [6, 6.07) is 7.08. The highest BCUT2D eigenvalue weighted by Crippen LogP contribution is 2.32. The van der Waals surface area contributed by atoms with Crippen LogP contribution < -0.4 is 4.90 Å². The smallest absolute Gasteiger partial charge is 0.389 e. The van der Waals surface area contributed by atoms with Gasteiger partial charge in [0.2, 0.25) is 5.91 Å². The van der Waals surface area contributed by atoms with Crippen molar-refractivity contribution in [2.75, 3.05) is 11.4 Å². The van der Waals surface area contributed by atoms with E-state index < -0.39 is 30.9 Å². The first-order valence-electron chi connectivity index (χ1n) is 7.43. The van der Waals surface area contributed by atoms with Crippen LogP contribution in [0, 0.1) is 5.92 Å². The molecule has 0 aromatic heterocycles. The summed E-state index contributed by atoms with van der Waals surface area (Å²) >= 11 is 0. The van der Waals surface area contributed by atoms with Crippen molar-refractivity contribution in [2.45, 2.75) is 38.3 Å². The van der Waals surface area contributed by atoms with E-state index in [1.807, 2.05) is 6.07 Å². The van der Waals surface area contributed by atoms with Crippen LogP contribution in [0.2, 0.25) is 0 Å². The molecule has 0 fully saturated rings. The highest BCUT2D eigenvalue weighted by Gasteiger charge is 2.32. The topological polar surface area (TPSA) is 57.6 Å². The zero-order valence-corrected chi connectivity index (χ0v) is 12.5. The lowest BCUT2D eigenvalue weighted by molar-refractivity contribution is -0.143. The third kappa shape index (κ3) is 4.97. The molecule has 0 bridgehead atoms. The van der Waals surface area contributed by atoms with Gasteiger partial charge in [-0.2, -0.15) is 13.2 Å². The van der Waals surface area contributed by atoms with Crippen molar-refractivity contribution in [3.05, 3.63) is 29.8 Å². The van der Waals surface area contributed by atoms with Crippen LogP contribution in [0.3, 0.4) is 0 Å². The highest BCUT2D eigenvalue weighted by atomic mass is 19.4. The molecule has 0 spiro atoms. The number of hydrogen-bond donors (Lipinski definition) is 1. The average molecular weight is 329 g/mol. The molecule has 7 heteroatoms. The van der Waals surface area contributed by atoms with Crippen LogP contribution in [0.1, 0.15) is 31.2 Å². The second-order valence-corrected chi connectivity index (χ2v) is 5.75. The van der Waals surface area contributed by atoms with Crippen molar-refractivity contribution in [1.29, 1.82) is 0 Å². The van der Waals surface area contributed by atoms with Gasteiger partial charge >= 0.3 is 12.1 Å². The zero-order chi connectivity index (χ0) is 17.0. The predicted octanol–water partition coefficient (Wildman–Crippen LogP) is 3.40. The number of carbonyl (C=O) groups excluding carboxylic acids is 1. The summed E-state index contributed by atoms with van der Waals surface area (Å²) in [4.78, 5) is 24.3. The van der Waals surface area contributed by atoms with Crippen molar-refractivity contribution in [3.63, 3.8) is 0 Å². The van der Waals surface area contributed by atoms with Crippen LogP contribution in [0.25, 0.3) is 0 Å². The fraction of sp³-hybridized carbons (Fsp3) is 0.500. The molecule has 1 aliphatic rings. The lowest BCUT2D eigenvalue weighted by Gasteiger charge is -2.34. The number of aliphatic carboxylic acids is 1. The summed E-state index contributed by atoms with van der Waals surface area (Å²) in [5.74, 6) is -1.55. The Bertz CT molecular complexity index is 586. The van der Waals surface area contributed by atoms with Crippen molar-refractivity contribution in [3.8, 4) is 0 Å². The maximum atomic E-state index is 12.3. The minimum atomic E-state index is -4.37. The van der Waals surface area contributed by atoms with Gasteiger partial charge in [-0.3, -0.25) is 9.59 Å². The SMILES string of the molecule is O=C(O)CCC1Cc2ccccc2N(C(=O)CCC(F)(F)F)C1. The number of para-hydroxylation sites is 1. The Morgan fingerprint density at radius 3 is 2.57 bits per heavy atom. The number of hydrogen-bond acceptors (Lipinski definition) is 2. The molecule has 0 saturated carbocycles. The van der Waals surface area contributed by atoms with Crippen LogP contribution in [0.15, 0.2) is 24.3 Å². The van der Waals surface area contributed by atoms with E-state index in [-0.39, 0.29) is 18.9 Å². The number of rotatable bonds is 5. The number of anilines is 1. The first-order valence-corrected chi connectivity index (χ1v) is 7.43. The number of fused-ring (bicyclic) bond motifs is 1. The molecule has 1 aromatic carbocycles. The normalized spacial score (nSPS) is 17.7.